The fourth-order valence-corrected chi connectivity index (χ4v) is 12.0. The second kappa shape index (κ2) is 40.3. The second-order valence-corrected chi connectivity index (χ2v) is 30.7. The molecule has 0 aliphatic heterocycles. The van der Waals surface area contributed by atoms with E-state index < -0.39 is 11.6 Å². The van der Waals surface area contributed by atoms with Crippen LogP contribution in [-0.4, -0.2) is 13.4 Å². The third-order valence-electron chi connectivity index (χ3n) is 19.1. The molecule has 0 heterocycles. The molecule has 4 heteroatoms. The number of rotatable bonds is 7. The van der Waals surface area contributed by atoms with Gasteiger partial charge >= 0.3 is 6.18 Å². The molecule has 0 aromatic heterocycles. The molecule has 2 saturated carbocycles. The molecule has 2 aliphatic carbocycles. The number of hydrogen-bond acceptors (Lipinski definition) is 0. The van der Waals surface area contributed by atoms with E-state index in [1.807, 2.05) is 18.2 Å². The van der Waals surface area contributed by atoms with Gasteiger partial charge in [0.05, 0.1) is 12.6 Å². The molecule has 0 nitrogen and oxygen atoms in total. The van der Waals surface area contributed by atoms with E-state index in [-0.39, 0.29) is 17.3 Å². The smallest absolute Gasteiger partial charge is 0.255 e. The maximum absolute atomic E-state index is 12.4. The van der Waals surface area contributed by atoms with Gasteiger partial charge in [0, 0.05) is 0 Å². The first kappa shape index (κ1) is 86.0. The van der Waals surface area contributed by atoms with Crippen molar-refractivity contribution in [2.45, 2.75) is 319 Å². The standard InChI is InChI=1S/C16H26.C15H24.C13H20.C10H14.C9H12.C8H13F3.C8H16.C7H8.CH3F/c1-10(2)14-8-15(11(3)4)13(7)16(9-14)12(5)6;1-11-8-9-12(14(2,3)4)10-13(11)15(5,6)7;1-9(2)12-7-6-11(5)13(8-12)10(3)4;1-7-5-8(2)10(4)9(3)6-7;1-7-4-5-8(2)9(3)6-7;1-2-7(8(9,10)11)5-3-4-6-7;1-3-8(2)6-4-5-7-8;1-7-5-3-2-4-6-7;1-2/h8-12H,1-7H3;8-10H,1-7H3;6-10H,1-5H3;5-6H,1-4H3;4-6H,1-3H3;2-6H2,1H3;3-7H2,1-2H3;2-6H,1H3;1H3. The van der Waals surface area contributed by atoms with Crippen LogP contribution in [-0.2, 0) is 10.8 Å². The van der Waals surface area contributed by atoms with Gasteiger partial charge in [-0.25, -0.2) is 0 Å². The third kappa shape index (κ3) is 30.3. The SMILES string of the molecule is CCC1(C(F)(F)F)CCCC1.CCC1(C)CCCC1.CF.Cc1c(C(C)C)cc(C(C)C)cc1C(C)C.Cc1cc(C)c(C)c(C)c1.Cc1ccc(C(C)(C)C)cc1C(C)(C)C.Cc1ccc(C(C)C)cc1C(C)C.Cc1ccc(C)c(C)c1.Cc1ccccc1. The Morgan fingerprint density at radius 2 is 0.791 bits per heavy atom. The molecule has 0 saturated heterocycles. The van der Waals surface area contributed by atoms with Crippen molar-refractivity contribution in [1.29, 1.82) is 0 Å². The van der Waals surface area contributed by atoms with Crippen molar-refractivity contribution in [2.24, 2.45) is 10.8 Å². The van der Waals surface area contributed by atoms with E-state index in [2.05, 4.69) is 292 Å². The van der Waals surface area contributed by atoms with Crippen molar-refractivity contribution in [3.05, 3.63) is 209 Å². The zero-order valence-corrected chi connectivity index (χ0v) is 64.4. The summed E-state index contributed by atoms with van der Waals surface area (Å²) in [4.78, 5) is 0. The highest BCUT2D eigenvalue weighted by Crippen LogP contribution is 2.52. The molecule has 0 atom stereocenters. The van der Waals surface area contributed by atoms with Crippen molar-refractivity contribution >= 4 is 0 Å². The first-order valence-corrected chi connectivity index (χ1v) is 34.9. The van der Waals surface area contributed by atoms with Crippen molar-refractivity contribution in [1.82, 2.24) is 0 Å². The molecular weight excluding hydrogens is 1120 g/mol. The van der Waals surface area contributed by atoms with Crippen LogP contribution >= 0.6 is 0 Å². The lowest BCUT2D eigenvalue weighted by Crippen LogP contribution is -2.34. The van der Waals surface area contributed by atoms with Gasteiger partial charge in [-0.15, -0.1) is 0 Å². The molecule has 2 fully saturated rings. The minimum atomic E-state index is -3.97. The van der Waals surface area contributed by atoms with Crippen LogP contribution < -0.4 is 0 Å². The Kier molecular flexibility index (Phi) is 38.1. The number of aryl methyl sites for hydroxylation is 9. The van der Waals surface area contributed by atoms with Gasteiger partial charge < -0.3 is 0 Å². The van der Waals surface area contributed by atoms with E-state index in [9.17, 15) is 17.6 Å². The summed E-state index contributed by atoms with van der Waals surface area (Å²) in [5.41, 5.74) is 25.6. The number of benzene rings is 6. The highest BCUT2D eigenvalue weighted by molar-refractivity contribution is 5.43. The van der Waals surface area contributed by atoms with Crippen LogP contribution in [0.4, 0.5) is 17.6 Å². The summed E-state index contributed by atoms with van der Waals surface area (Å²) in [7, 11) is 0.500. The van der Waals surface area contributed by atoms with E-state index in [1.54, 1.807) is 6.92 Å². The first-order chi connectivity index (χ1) is 42.0. The minimum absolute atomic E-state index is 0.241. The average molecular weight is 1260 g/mol. The highest BCUT2D eigenvalue weighted by atomic mass is 19.4. The molecule has 512 valence electrons. The summed E-state index contributed by atoms with van der Waals surface area (Å²) in [6.45, 7) is 66.5. The largest absolute Gasteiger partial charge is 0.394 e. The summed E-state index contributed by atoms with van der Waals surface area (Å²) in [6, 6.07) is 39.7. The fraction of sp³-hybridized carbons (Fsp3) is 0.586. The lowest BCUT2D eigenvalue weighted by atomic mass is 9.79. The van der Waals surface area contributed by atoms with Crippen molar-refractivity contribution in [2.75, 3.05) is 7.18 Å². The molecule has 6 aromatic rings. The average Bonchev–Trinajstić information content (AvgIpc) is 1.90. The minimum Gasteiger partial charge on any atom is -0.255 e. The summed E-state index contributed by atoms with van der Waals surface area (Å²) in [5.74, 6) is 3.14. The molecule has 0 spiro atoms. The Morgan fingerprint density at radius 3 is 1.12 bits per heavy atom. The highest BCUT2D eigenvalue weighted by Gasteiger charge is 2.54. The van der Waals surface area contributed by atoms with Gasteiger partial charge in [-0.3, -0.25) is 4.39 Å². The van der Waals surface area contributed by atoms with Gasteiger partial charge in [0.1, 0.15) is 0 Å². The molecular formula is C87H136F4. The first-order valence-electron chi connectivity index (χ1n) is 34.9. The summed E-state index contributed by atoms with van der Waals surface area (Å²) in [5, 5.41) is 0. The van der Waals surface area contributed by atoms with Crippen molar-refractivity contribution in [3.8, 4) is 0 Å². The van der Waals surface area contributed by atoms with Crippen LogP contribution in [0.25, 0.3) is 0 Å². The van der Waals surface area contributed by atoms with Gasteiger partial charge in [-0.2, -0.15) is 13.2 Å². The van der Waals surface area contributed by atoms with Crippen molar-refractivity contribution < 1.29 is 17.6 Å². The van der Waals surface area contributed by atoms with E-state index in [0.717, 1.165) is 18.3 Å². The van der Waals surface area contributed by atoms with Gasteiger partial charge in [-0.05, 0) is 238 Å². The topological polar surface area (TPSA) is 0 Å². The van der Waals surface area contributed by atoms with Crippen LogP contribution in [0.5, 0.6) is 0 Å². The third-order valence-corrected chi connectivity index (χ3v) is 19.1. The zero-order chi connectivity index (χ0) is 70.6. The Bertz CT molecular complexity index is 2920. The van der Waals surface area contributed by atoms with Gasteiger partial charge in [0.2, 0.25) is 0 Å². The lowest BCUT2D eigenvalue weighted by Gasteiger charge is -2.29. The normalized spacial score (nSPS) is 13.8. The fourth-order valence-electron chi connectivity index (χ4n) is 12.0. The van der Waals surface area contributed by atoms with Crippen LogP contribution in [0.1, 0.15) is 325 Å². The van der Waals surface area contributed by atoms with Gasteiger partial charge in [0.25, 0.3) is 0 Å². The predicted octanol–water partition coefficient (Wildman–Crippen LogP) is 28.8. The summed E-state index contributed by atoms with van der Waals surface area (Å²) >= 11 is 0. The number of halogens is 4. The van der Waals surface area contributed by atoms with Crippen LogP contribution in [0.2, 0.25) is 0 Å². The van der Waals surface area contributed by atoms with Gasteiger partial charge in [-0.1, -0.05) is 290 Å². The van der Waals surface area contributed by atoms with Crippen LogP contribution in [0.3, 0.4) is 0 Å². The zero-order valence-electron chi connectivity index (χ0n) is 64.4. The Hall–Kier alpha value is -4.96. The van der Waals surface area contributed by atoms with E-state index in [4.69, 9.17) is 0 Å². The maximum Gasteiger partial charge on any atom is 0.394 e. The molecule has 0 amide bonds. The molecule has 0 radical (unpaired) electrons. The maximum atomic E-state index is 12.4. The molecule has 8 rings (SSSR count). The van der Waals surface area contributed by atoms with Crippen LogP contribution in [0.15, 0.2) is 109 Å². The second-order valence-electron chi connectivity index (χ2n) is 30.7. The molecule has 6 aromatic carbocycles. The summed E-state index contributed by atoms with van der Waals surface area (Å²) < 4.78 is 46.7. The Labute approximate surface area is 560 Å². The summed E-state index contributed by atoms with van der Waals surface area (Å²) in [6.07, 6.45) is 5.73. The molecule has 0 bridgehead atoms. The van der Waals surface area contributed by atoms with E-state index in [1.165, 1.54) is 132 Å². The molecule has 2 aliphatic rings. The monoisotopic (exact) mass is 1260 g/mol. The van der Waals surface area contributed by atoms with Gasteiger partial charge in [0.15, 0.2) is 0 Å². The van der Waals surface area contributed by atoms with Crippen LogP contribution in [0, 0.1) is 87.0 Å². The lowest BCUT2D eigenvalue weighted by molar-refractivity contribution is -0.223. The number of alkyl halides is 4. The quantitative estimate of drug-likeness (QED) is 0.140. The van der Waals surface area contributed by atoms with E-state index >= 15 is 0 Å². The predicted molar refractivity (Wildman–Crippen MR) is 400 cm³/mol. The molecule has 0 unspecified atom stereocenters. The molecule has 91 heavy (non-hydrogen) atoms. The number of hydrogen-bond donors (Lipinski definition) is 0. The Morgan fingerprint density at radius 1 is 0.374 bits per heavy atom. The molecule has 0 N–H and O–H groups in total. The van der Waals surface area contributed by atoms with Crippen molar-refractivity contribution in [3.63, 3.8) is 0 Å². The Balaban J connectivity index is 0.00000103. The van der Waals surface area contributed by atoms with E-state index in [0.29, 0.717) is 49.6 Å².